The lowest BCUT2D eigenvalue weighted by Crippen LogP contribution is -2.31. The monoisotopic (exact) mass is 425 g/mol. The van der Waals surface area contributed by atoms with E-state index in [1.54, 1.807) is 44.6 Å². The second-order valence-electron chi connectivity index (χ2n) is 7.31. The van der Waals surface area contributed by atoms with E-state index in [9.17, 15) is 14.7 Å². The zero-order valence-electron chi connectivity index (χ0n) is 18.2. The van der Waals surface area contributed by atoms with E-state index in [1.165, 1.54) is 12.0 Å². The number of rotatable bonds is 8. The van der Waals surface area contributed by atoms with Crippen molar-refractivity contribution in [3.8, 4) is 11.5 Å². The molecular weight excluding hydrogens is 398 g/mol. The summed E-state index contributed by atoms with van der Waals surface area (Å²) in [5, 5.41) is 11.1. The fourth-order valence-corrected chi connectivity index (χ4v) is 3.72. The average Bonchev–Trinajstić information content (AvgIpc) is 3.03. The Labute approximate surface area is 181 Å². The third kappa shape index (κ3) is 4.41. The maximum absolute atomic E-state index is 13.0. The molecule has 7 nitrogen and oxygen atoms in total. The van der Waals surface area contributed by atoms with Gasteiger partial charge in [0.25, 0.3) is 11.7 Å². The summed E-state index contributed by atoms with van der Waals surface area (Å²) in [7, 11) is 4.63. The smallest absolute Gasteiger partial charge is 0.295 e. The van der Waals surface area contributed by atoms with E-state index in [4.69, 9.17) is 14.2 Å². The highest BCUT2D eigenvalue weighted by atomic mass is 16.5. The Morgan fingerprint density at radius 2 is 1.74 bits per heavy atom. The van der Waals surface area contributed by atoms with Gasteiger partial charge in [0.2, 0.25) is 0 Å². The van der Waals surface area contributed by atoms with Gasteiger partial charge in [-0.05, 0) is 25.5 Å². The van der Waals surface area contributed by atoms with Crippen molar-refractivity contribution in [3.63, 3.8) is 0 Å². The van der Waals surface area contributed by atoms with Crippen LogP contribution in [0.4, 0.5) is 0 Å². The Morgan fingerprint density at radius 1 is 1.03 bits per heavy atom. The Hall–Kier alpha value is -3.32. The number of Topliss-reactive ketones (excluding diaryl/α,β-unsaturated/α-hetero) is 1. The van der Waals surface area contributed by atoms with Crippen LogP contribution in [0.2, 0.25) is 0 Å². The summed E-state index contributed by atoms with van der Waals surface area (Å²) < 4.78 is 15.9. The number of likely N-dealkylation sites (tertiary alicyclic amines) is 1. The Bertz CT molecular complexity index is 996. The highest BCUT2D eigenvalue weighted by Crippen LogP contribution is 2.43. The number of methoxy groups -OCH3 is 3. The summed E-state index contributed by atoms with van der Waals surface area (Å²) in [5.41, 5.74) is 2.12. The molecule has 0 spiro atoms. The van der Waals surface area contributed by atoms with Crippen LogP contribution >= 0.6 is 0 Å². The average molecular weight is 425 g/mol. The number of aliphatic hydroxyl groups is 1. The van der Waals surface area contributed by atoms with E-state index in [0.717, 1.165) is 5.56 Å². The molecule has 3 rings (SSSR count). The molecule has 1 fully saturated rings. The summed E-state index contributed by atoms with van der Waals surface area (Å²) in [6.45, 7) is 2.66. The molecule has 7 heteroatoms. The maximum Gasteiger partial charge on any atom is 0.295 e. The van der Waals surface area contributed by atoms with E-state index in [-0.39, 0.29) is 11.3 Å². The van der Waals surface area contributed by atoms with E-state index >= 15 is 0 Å². The van der Waals surface area contributed by atoms with Crippen LogP contribution in [-0.4, -0.2) is 56.2 Å². The lowest BCUT2D eigenvalue weighted by molar-refractivity contribution is -0.140. The molecule has 1 aliphatic heterocycles. The minimum atomic E-state index is -0.793. The highest BCUT2D eigenvalue weighted by molar-refractivity contribution is 6.46. The first-order valence-corrected chi connectivity index (χ1v) is 9.99. The number of aliphatic hydroxyl groups excluding tert-OH is 1. The third-order valence-electron chi connectivity index (χ3n) is 5.35. The van der Waals surface area contributed by atoms with Gasteiger partial charge < -0.3 is 24.2 Å². The summed E-state index contributed by atoms with van der Waals surface area (Å²) in [4.78, 5) is 27.4. The molecule has 0 aromatic heterocycles. The van der Waals surface area contributed by atoms with Gasteiger partial charge >= 0.3 is 0 Å². The van der Waals surface area contributed by atoms with Gasteiger partial charge in [0, 0.05) is 37.5 Å². The van der Waals surface area contributed by atoms with Crippen molar-refractivity contribution in [2.24, 2.45) is 0 Å². The molecule has 1 saturated heterocycles. The number of aryl methyl sites for hydroxylation is 1. The van der Waals surface area contributed by atoms with Crippen molar-refractivity contribution in [1.82, 2.24) is 4.90 Å². The fourth-order valence-electron chi connectivity index (χ4n) is 3.72. The predicted octanol–water partition coefficient (Wildman–Crippen LogP) is 3.47. The molecule has 1 heterocycles. The van der Waals surface area contributed by atoms with E-state index < -0.39 is 17.7 Å². The normalized spacial score (nSPS) is 17.8. The number of amides is 1. The summed E-state index contributed by atoms with van der Waals surface area (Å²) in [6, 6.07) is 11.5. The zero-order chi connectivity index (χ0) is 22.5. The molecule has 2 aromatic carbocycles. The number of nitrogens with zero attached hydrogens (tertiary/aromatic N) is 1. The van der Waals surface area contributed by atoms with E-state index in [0.29, 0.717) is 42.2 Å². The molecule has 1 amide bonds. The molecule has 164 valence electrons. The second-order valence-corrected chi connectivity index (χ2v) is 7.31. The molecule has 0 saturated carbocycles. The molecule has 31 heavy (non-hydrogen) atoms. The number of ether oxygens (including phenoxy) is 3. The van der Waals surface area contributed by atoms with Crippen molar-refractivity contribution in [2.75, 3.05) is 34.5 Å². The largest absolute Gasteiger partial charge is 0.507 e. The highest BCUT2D eigenvalue weighted by Gasteiger charge is 2.46. The molecule has 1 atom stereocenters. The zero-order valence-corrected chi connectivity index (χ0v) is 18.2. The van der Waals surface area contributed by atoms with Crippen molar-refractivity contribution in [2.45, 2.75) is 19.4 Å². The van der Waals surface area contributed by atoms with Crippen LogP contribution in [0, 0.1) is 6.92 Å². The van der Waals surface area contributed by atoms with Crippen molar-refractivity contribution in [3.05, 3.63) is 64.7 Å². The van der Waals surface area contributed by atoms with Crippen LogP contribution in [0.5, 0.6) is 11.5 Å². The van der Waals surface area contributed by atoms with Gasteiger partial charge in [-0.1, -0.05) is 29.8 Å². The molecule has 2 aromatic rings. The van der Waals surface area contributed by atoms with Crippen LogP contribution in [0.3, 0.4) is 0 Å². The van der Waals surface area contributed by atoms with Crippen LogP contribution in [-0.2, 0) is 14.3 Å². The van der Waals surface area contributed by atoms with Crippen LogP contribution in [0.15, 0.2) is 48.0 Å². The minimum Gasteiger partial charge on any atom is -0.507 e. The third-order valence-corrected chi connectivity index (χ3v) is 5.35. The topological polar surface area (TPSA) is 85.3 Å². The quantitative estimate of drug-likeness (QED) is 0.302. The molecule has 0 radical (unpaired) electrons. The predicted molar refractivity (Wildman–Crippen MR) is 116 cm³/mol. The molecular formula is C24H27NO6. The fraction of sp³-hybridized carbons (Fsp3) is 0.333. The van der Waals surface area contributed by atoms with Gasteiger partial charge in [0.1, 0.15) is 17.3 Å². The van der Waals surface area contributed by atoms with Gasteiger partial charge in [0.05, 0.1) is 25.8 Å². The summed E-state index contributed by atoms with van der Waals surface area (Å²) >= 11 is 0. The lowest BCUT2D eigenvalue weighted by Gasteiger charge is -2.26. The second kappa shape index (κ2) is 9.66. The first-order chi connectivity index (χ1) is 14.9. The SMILES string of the molecule is COCCCN1C(=O)C(=O)C(=C(O)c2ccc(C)cc2)[C@H]1c1ccc(OC)cc1OC. The van der Waals surface area contributed by atoms with Crippen LogP contribution in [0.25, 0.3) is 5.76 Å². The first kappa shape index (κ1) is 22.4. The number of hydrogen-bond donors (Lipinski definition) is 1. The van der Waals surface area contributed by atoms with Crippen molar-refractivity contribution < 1.29 is 28.9 Å². The standard InChI is InChI=1S/C24H27NO6/c1-15-6-8-16(9-7-15)22(26)20-21(18-11-10-17(30-3)14-19(18)31-4)25(12-5-13-29-2)24(28)23(20)27/h6-11,14,21,26H,5,12-13H2,1-4H3/t21-/m1/s1. The van der Waals surface area contributed by atoms with Crippen molar-refractivity contribution >= 4 is 17.4 Å². The van der Waals surface area contributed by atoms with Gasteiger partial charge in [-0.2, -0.15) is 0 Å². The van der Waals surface area contributed by atoms with Gasteiger partial charge in [-0.25, -0.2) is 0 Å². The Morgan fingerprint density at radius 3 is 2.35 bits per heavy atom. The van der Waals surface area contributed by atoms with E-state index in [2.05, 4.69) is 0 Å². The lowest BCUT2D eigenvalue weighted by atomic mass is 9.94. The Balaban J connectivity index is 2.18. The number of carbonyl (C=O) groups excluding carboxylic acids is 2. The van der Waals surface area contributed by atoms with Crippen LogP contribution < -0.4 is 9.47 Å². The van der Waals surface area contributed by atoms with Crippen LogP contribution in [0.1, 0.15) is 29.2 Å². The minimum absolute atomic E-state index is 0.0368. The summed E-state index contributed by atoms with van der Waals surface area (Å²) in [5.74, 6) is -0.560. The number of ketones is 1. The number of benzene rings is 2. The van der Waals surface area contributed by atoms with Gasteiger partial charge in [-0.15, -0.1) is 0 Å². The van der Waals surface area contributed by atoms with Gasteiger partial charge in [-0.3, -0.25) is 9.59 Å². The number of carbonyl (C=O) groups is 2. The molecule has 0 bridgehead atoms. The first-order valence-electron chi connectivity index (χ1n) is 9.99. The number of hydrogen-bond acceptors (Lipinski definition) is 6. The van der Waals surface area contributed by atoms with E-state index in [1.807, 2.05) is 19.1 Å². The molecule has 1 aliphatic rings. The van der Waals surface area contributed by atoms with Crippen molar-refractivity contribution in [1.29, 1.82) is 0 Å². The maximum atomic E-state index is 13.0. The Kier molecular flexibility index (Phi) is 6.97. The molecule has 0 aliphatic carbocycles. The van der Waals surface area contributed by atoms with Gasteiger partial charge in [0.15, 0.2) is 0 Å². The molecule has 1 N–H and O–H groups in total. The molecule has 0 unspecified atom stereocenters. The summed E-state index contributed by atoms with van der Waals surface area (Å²) in [6.07, 6.45) is 0.545.